The molecule has 2 aromatic heterocycles. The number of para-hydroxylation sites is 2. The number of H-pyrrole nitrogens is 1. The standard InChI is InChI=1S/C26H19N3O3/c30-14-11-9-13(10-12-14)29-18-8-4-2-6-16(18)20-22-21(25(31)28-26(22)32)19-15-5-1-3-7-17(15)27-23(19)24(20)29/h1-9,11,13-14,27,30H,10,12H2,(H,28,31,32)/t13?,14-/m1/s1. The van der Waals surface area contributed by atoms with Gasteiger partial charge in [-0.15, -0.1) is 0 Å². The molecule has 1 aliphatic carbocycles. The van der Waals surface area contributed by atoms with Crippen LogP contribution in [0.3, 0.4) is 0 Å². The molecule has 32 heavy (non-hydrogen) atoms. The van der Waals surface area contributed by atoms with E-state index in [9.17, 15) is 14.7 Å². The number of aliphatic hydroxyl groups is 1. The van der Waals surface area contributed by atoms with E-state index in [1.807, 2.05) is 54.6 Å². The quantitative estimate of drug-likeness (QED) is 0.274. The smallest absolute Gasteiger partial charge is 0.259 e. The number of carbonyl (C=O) groups is 2. The fraction of sp³-hybridized carbons (Fsp3) is 0.154. The second-order valence-corrected chi connectivity index (χ2v) is 8.66. The summed E-state index contributed by atoms with van der Waals surface area (Å²) < 4.78 is 2.26. The average Bonchev–Trinajstić information content (AvgIpc) is 3.44. The molecule has 0 bridgehead atoms. The maximum absolute atomic E-state index is 13.1. The lowest BCUT2D eigenvalue weighted by molar-refractivity contribution is 0.0880. The van der Waals surface area contributed by atoms with E-state index >= 15 is 0 Å². The number of imide groups is 1. The maximum atomic E-state index is 13.1. The van der Waals surface area contributed by atoms with Crippen molar-refractivity contribution >= 4 is 55.4 Å². The predicted octanol–water partition coefficient (Wildman–Crippen LogP) is 4.56. The van der Waals surface area contributed by atoms with Crippen molar-refractivity contribution in [2.24, 2.45) is 0 Å². The van der Waals surface area contributed by atoms with E-state index in [-0.39, 0.29) is 17.9 Å². The number of allylic oxidation sites excluding steroid dienone is 1. The minimum atomic E-state index is -0.430. The molecule has 2 aliphatic rings. The van der Waals surface area contributed by atoms with Crippen molar-refractivity contribution in [1.29, 1.82) is 0 Å². The Morgan fingerprint density at radius 3 is 2.34 bits per heavy atom. The normalized spacial score (nSPS) is 20.7. The van der Waals surface area contributed by atoms with Gasteiger partial charge in [0.1, 0.15) is 0 Å². The van der Waals surface area contributed by atoms with E-state index in [2.05, 4.69) is 20.9 Å². The third-order valence-corrected chi connectivity index (χ3v) is 6.93. The molecule has 6 heteroatoms. The highest BCUT2D eigenvalue weighted by molar-refractivity contribution is 6.39. The fourth-order valence-electron chi connectivity index (χ4n) is 5.62. The number of aromatic amines is 1. The van der Waals surface area contributed by atoms with Crippen LogP contribution < -0.4 is 5.32 Å². The Hall–Kier alpha value is -3.90. The van der Waals surface area contributed by atoms with Crippen LogP contribution in [-0.4, -0.2) is 32.6 Å². The molecule has 156 valence electrons. The highest BCUT2D eigenvalue weighted by atomic mass is 16.3. The Kier molecular flexibility index (Phi) is 3.37. The Bertz CT molecular complexity index is 1670. The van der Waals surface area contributed by atoms with E-state index in [0.29, 0.717) is 17.5 Å². The van der Waals surface area contributed by atoms with Crippen LogP contribution in [0.15, 0.2) is 60.7 Å². The molecule has 2 atom stereocenters. The molecular weight excluding hydrogens is 402 g/mol. The number of fused-ring (bicyclic) bond motifs is 10. The number of benzene rings is 3. The van der Waals surface area contributed by atoms with Crippen molar-refractivity contribution in [2.45, 2.75) is 25.0 Å². The van der Waals surface area contributed by atoms with Gasteiger partial charge in [0.05, 0.1) is 34.3 Å². The lowest BCUT2D eigenvalue weighted by Crippen LogP contribution is -2.20. The SMILES string of the molecule is O=C1NC(=O)c2c1c1c3ccccc3[nH]c1c1c2c2ccccc2n1C1C=C[C@@H](O)CC1. The molecule has 7 rings (SSSR count). The predicted molar refractivity (Wildman–Crippen MR) is 124 cm³/mol. The molecule has 0 fully saturated rings. The van der Waals surface area contributed by atoms with E-state index in [1.165, 1.54) is 0 Å². The van der Waals surface area contributed by atoms with Crippen LogP contribution in [0.2, 0.25) is 0 Å². The Morgan fingerprint density at radius 2 is 1.56 bits per heavy atom. The number of nitrogens with one attached hydrogen (secondary N) is 2. The molecule has 1 unspecified atom stereocenters. The van der Waals surface area contributed by atoms with Crippen molar-refractivity contribution in [3.63, 3.8) is 0 Å². The molecule has 5 aromatic rings. The largest absolute Gasteiger partial charge is 0.389 e. The summed E-state index contributed by atoms with van der Waals surface area (Å²) in [4.78, 5) is 29.6. The second-order valence-electron chi connectivity index (χ2n) is 8.66. The molecule has 0 spiro atoms. The summed E-state index contributed by atoms with van der Waals surface area (Å²) in [7, 11) is 0. The van der Waals surface area contributed by atoms with Crippen LogP contribution in [0.4, 0.5) is 0 Å². The molecular formula is C26H19N3O3. The number of rotatable bonds is 1. The number of amides is 2. The van der Waals surface area contributed by atoms with E-state index in [0.717, 1.165) is 50.0 Å². The third kappa shape index (κ3) is 2.12. The minimum absolute atomic E-state index is 0.0358. The summed E-state index contributed by atoms with van der Waals surface area (Å²) in [6, 6.07) is 15.9. The fourth-order valence-corrected chi connectivity index (χ4v) is 5.62. The lowest BCUT2D eigenvalue weighted by Gasteiger charge is -2.23. The molecule has 6 nitrogen and oxygen atoms in total. The summed E-state index contributed by atoms with van der Waals surface area (Å²) in [5, 5.41) is 16.0. The van der Waals surface area contributed by atoms with Gasteiger partial charge in [-0.1, -0.05) is 48.6 Å². The van der Waals surface area contributed by atoms with Gasteiger partial charge in [0, 0.05) is 32.6 Å². The Labute approximate surface area is 182 Å². The van der Waals surface area contributed by atoms with Crippen LogP contribution >= 0.6 is 0 Å². The van der Waals surface area contributed by atoms with Gasteiger partial charge in [-0.05, 0) is 25.0 Å². The van der Waals surface area contributed by atoms with E-state index in [1.54, 1.807) is 0 Å². The molecule has 3 aromatic carbocycles. The van der Waals surface area contributed by atoms with Crippen LogP contribution in [0.5, 0.6) is 0 Å². The molecule has 2 amide bonds. The highest BCUT2D eigenvalue weighted by Crippen LogP contribution is 2.45. The number of hydrogen-bond donors (Lipinski definition) is 3. The summed E-state index contributed by atoms with van der Waals surface area (Å²) in [6.45, 7) is 0. The van der Waals surface area contributed by atoms with Crippen LogP contribution in [0.1, 0.15) is 39.6 Å². The summed E-state index contributed by atoms with van der Waals surface area (Å²) in [5.41, 5.74) is 4.63. The molecule has 0 radical (unpaired) electrons. The van der Waals surface area contributed by atoms with Gasteiger partial charge in [0.2, 0.25) is 0 Å². The number of carbonyl (C=O) groups excluding carboxylic acids is 2. The van der Waals surface area contributed by atoms with Crippen molar-refractivity contribution in [1.82, 2.24) is 14.9 Å². The molecule has 0 saturated heterocycles. The first-order valence-corrected chi connectivity index (χ1v) is 10.8. The van der Waals surface area contributed by atoms with E-state index in [4.69, 9.17) is 0 Å². The molecule has 3 heterocycles. The second kappa shape index (κ2) is 6.08. The highest BCUT2D eigenvalue weighted by Gasteiger charge is 2.36. The summed E-state index contributed by atoms with van der Waals surface area (Å²) in [6.07, 6.45) is 4.93. The summed E-state index contributed by atoms with van der Waals surface area (Å²) >= 11 is 0. The third-order valence-electron chi connectivity index (χ3n) is 6.93. The zero-order valence-electron chi connectivity index (χ0n) is 17.1. The maximum Gasteiger partial charge on any atom is 0.259 e. The van der Waals surface area contributed by atoms with Crippen LogP contribution in [0.25, 0.3) is 43.6 Å². The number of aromatic nitrogens is 2. The summed E-state index contributed by atoms with van der Waals surface area (Å²) in [5.74, 6) is -0.695. The first-order chi connectivity index (χ1) is 15.6. The monoisotopic (exact) mass is 421 g/mol. The van der Waals surface area contributed by atoms with Crippen LogP contribution in [0, 0.1) is 0 Å². The van der Waals surface area contributed by atoms with Gasteiger partial charge in [-0.25, -0.2) is 0 Å². The lowest BCUT2D eigenvalue weighted by atomic mass is 9.96. The van der Waals surface area contributed by atoms with Gasteiger partial charge in [0.25, 0.3) is 11.8 Å². The van der Waals surface area contributed by atoms with Gasteiger partial charge in [0.15, 0.2) is 0 Å². The van der Waals surface area contributed by atoms with Crippen molar-refractivity contribution < 1.29 is 14.7 Å². The minimum Gasteiger partial charge on any atom is -0.389 e. The van der Waals surface area contributed by atoms with Gasteiger partial charge in [-0.2, -0.15) is 0 Å². The first kappa shape index (κ1) is 17.7. The van der Waals surface area contributed by atoms with Crippen LogP contribution in [-0.2, 0) is 0 Å². The number of hydrogen-bond acceptors (Lipinski definition) is 3. The van der Waals surface area contributed by atoms with Gasteiger partial charge < -0.3 is 14.7 Å². The zero-order valence-corrected chi connectivity index (χ0v) is 17.1. The molecule has 1 aliphatic heterocycles. The van der Waals surface area contributed by atoms with Gasteiger partial charge in [-0.3, -0.25) is 14.9 Å². The number of aliphatic hydroxyl groups excluding tert-OH is 1. The topological polar surface area (TPSA) is 87.1 Å². The van der Waals surface area contributed by atoms with Crippen molar-refractivity contribution in [2.75, 3.05) is 0 Å². The van der Waals surface area contributed by atoms with Gasteiger partial charge >= 0.3 is 0 Å². The average molecular weight is 421 g/mol. The zero-order chi connectivity index (χ0) is 21.6. The van der Waals surface area contributed by atoms with Crippen molar-refractivity contribution in [3.05, 3.63) is 71.8 Å². The Balaban J connectivity index is 1.78. The Morgan fingerprint density at radius 1 is 0.844 bits per heavy atom. The first-order valence-electron chi connectivity index (χ1n) is 10.8. The van der Waals surface area contributed by atoms with E-state index < -0.39 is 6.10 Å². The van der Waals surface area contributed by atoms with Crippen molar-refractivity contribution in [3.8, 4) is 0 Å². The molecule has 0 saturated carbocycles. The number of nitrogens with zero attached hydrogens (tertiary/aromatic N) is 1. The molecule has 3 N–H and O–H groups in total.